The lowest BCUT2D eigenvalue weighted by Crippen LogP contribution is -2.47. The van der Waals surface area contributed by atoms with Crippen LogP contribution in [-0.2, 0) is 0 Å². The standard InChI is InChI=1S/C19H25IN6O2S/c1-11(2)9-22-3-4-26-18-16(17(21)23-10-24-18)25-19(26)29-15-8-14-13(7-12(15)20)27-5-6-28-14/h7-8,10-11,16,18,22H,3-6,9H2,1-2H3,(H2,21,23,24). The summed E-state index contributed by atoms with van der Waals surface area (Å²) in [7, 11) is 0. The summed E-state index contributed by atoms with van der Waals surface area (Å²) in [5.74, 6) is 2.69. The molecule has 156 valence electrons. The number of amidine groups is 2. The first-order chi connectivity index (χ1) is 14.0. The van der Waals surface area contributed by atoms with E-state index in [4.69, 9.17) is 20.2 Å². The molecule has 0 radical (unpaired) electrons. The summed E-state index contributed by atoms with van der Waals surface area (Å²) in [6, 6.07) is 3.81. The predicted octanol–water partition coefficient (Wildman–Crippen LogP) is 2.17. The average Bonchev–Trinajstić information content (AvgIpc) is 3.04. The van der Waals surface area contributed by atoms with Crippen LogP contribution in [0.15, 0.2) is 32.0 Å². The van der Waals surface area contributed by atoms with Gasteiger partial charge in [0.2, 0.25) is 0 Å². The van der Waals surface area contributed by atoms with Crippen molar-refractivity contribution in [3.63, 3.8) is 0 Å². The molecule has 3 aliphatic heterocycles. The van der Waals surface area contributed by atoms with Crippen molar-refractivity contribution in [2.75, 3.05) is 32.8 Å². The van der Waals surface area contributed by atoms with Crippen LogP contribution in [-0.4, -0.2) is 67.3 Å². The van der Waals surface area contributed by atoms with Gasteiger partial charge in [-0.25, -0.2) is 15.0 Å². The van der Waals surface area contributed by atoms with Crippen LogP contribution in [0.2, 0.25) is 0 Å². The predicted molar refractivity (Wildman–Crippen MR) is 126 cm³/mol. The van der Waals surface area contributed by atoms with Crippen LogP contribution in [0, 0.1) is 9.49 Å². The fourth-order valence-electron chi connectivity index (χ4n) is 3.29. The molecular weight excluding hydrogens is 503 g/mol. The fraction of sp³-hybridized carbons (Fsp3) is 0.526. The number of thioether (sulfide) groups is 1. The summed E-state index contributed by atoms with van der Waals surface area (Å²) in [6.45, 7) is 8.19. The number of rotatable bonds is 6. The molecule has 0 bridgehead atoms. The van der Waals surface area contributed by atoms with Gasteiger partial charge in [-0.05, 0) is 47.2 Å². The van der Waals surface area contributed by atoms with E-state index in [0.717, 1.165) is 44.8 Å². The maximum atomic E-state index is 6.12. The third kappa shape index (κ3) is 4.64. The van der Waals surface area contributed by atoms with Crippen LogP contribution >= 0.6 is 34.4 Å². The molecular formula is C19H25IN6O2S. The van der Waals surface area contributed by atoms with Crippen LogP contribution in [0.1, 0.15) is 13.8 Å². The van der Waals surface area contributed by atoms with Crippen LogP contribution in [0.25, 0.3) is 0 Å². The summed E-state index contributed by atoms with van der Waals surface area (Å²) >= 11 is 3.94. The Morgan fingerprint density at radius 1 is 1.31 bits per heavy atom. The first kappa shape index (κ1) is 20.7. The van der Waals surface area contributed by atoms with Crippen molar-refractivity contribution in [2.45, 2.75) is 31.0 Å². The van der Waals surface area contributed by atoms with Crippen molar-refractivity contribution < 1.29 is 9.47 Å². The van der Waals surface area contributed by atoms with Crippen LogP contribution in [0.4, 0.5) is 0 Å². The van der Waals surface area contributed by atoms with Gasteiger partial charge in [0.25, 0.3) is 0 Å². The van der Waals surface area contributed by atoms with Gasteiger partial charge in [0, 0.05) is 21.6 Å². The molecule has 0 aliphatic carbocycles. The molecule has 10 heteroatoms. The molecule has 0 fully saturated rings. The van der Waals surface area contributed by atoms with Gasteiger partial charge in [-0.1, -0.05) is 25.6 Å². The second kappa shape index (κ2) is 9.09. The average molecular weight is 528 g/mol. The van der Waals surface area contributed by atoms with E-state index in [9.17, 15) is 0 Å². The van der Waals surface area contributed by atoms with Crippen LogP contribution in [0.5, 0.6) is 11.5 Å². The highest BCUT2D eigenvalue weighted by Crippen LogP contribution is 2.40. The highest BCUT2D eigenvalue weighted by molar-refractivity contribution is 14.1. The third-order valence-corrected chi connectivity index (χ3v) is 7.04. The third-order valence-electron chi connectivity index (χ3n) is 4.71. The number of fused-ring (bicyclic) bond motifs is 2. The quantitative estimate of drug-likeness (QED) is 0.434. The van der Waals surface area contributed by atoms with E-state index in [2.05, 4.69) is 56.6 Å². The number of nitrogens with zero attached hydrogens (tertiary/aromatic N) is 4. The Kier molecular flexibility index (Phi) is 6.50. The Bertz CT molecular complexity index is 859. The Morgan fingerprint density at radius 2 is 2.07 bits per heavy atom. The van der Waals surface area contributed by atoms with E-state index < -0.39 is 0 Å². The number of benzene rings is 1. The van der Waals surface area contributed by atoms with Gasteiger partial charge >= 0.3 is 0 Å². The highest BCUT2D eigenvalue weighted by atomic mass is 127. The normalized spacial score (nSPS) is 22.6. The molecule has 1 aromatic rings. The van der Waals surface area contributed by atoms with Crippen LogP contribution < -0.4 is 20.5 Å². The van der Waals surface area contributed by atoms with Crippen molar-refractivity contribution in [2.24, 2.45) is 26.6 Å². The maximum Gasteiger partial charge on any atom is 0.166 e. The summed E-state index contributed by atoms with van der Waals surface area (Å²) < 4.78 is 12.5. The topological polar surface area (TPSA) is 96.8 Å². The van der Waals surface area contributed by atoms with E-state index in [1.807, 2.05) is 12.1 Å². The molecule has 2 atom stereocenters. The minimum Gasteiger partial charge on any atom is -0.486 e. The van der Waals surface area contributed by atoms with Crippen molar-refractivity contribution in [1.29, 1.82) is 0 Å². The lowest BCUT2D eigenvalue weighted by atomic mass is 10.2. The maximum absolute atomic E-state index is 6.12. The molecule has 29 heavy (non-hydrogen) atoms. The zero-order valence-electron chi connectivity index (χ0n) is 16.5. The fourth-order valence-corrected chi connectivity index (χ4v) is 5.06. The van der Waals surface area contributed by atoms with Crippen molar-refractivity contribution in [3.05, 3.63) is 15.7 Å². The second-order valence-corrected chi connectivity index (χ2v) is 9.58. The molecule has 8 nitrogen and oxygen atoms in total. The molecule has 0 aromatic heterocycles. The van der Waals surface area contributed by atoms with Gasteiger partial charge in [-0.15, -0.1) is 0 Å². The lowest BCUT2D eigenvalue weighted by molar-refractivity contribution is 0.171. The molecule has 0 saturated carbocycles. The molecule has 0 spiro atoms. The van der Waals surface area contributed by atoms with E-state index in [1.54, 1.807) is 18.1 Å². The Morgan fingerprint density at radius 3 is 2.83 bits per heavy atom. The van der Waals surface area contributed by atoms with E-state index in [-0.39, 0.29) is 12.2 Å². The van der Waals surface area contributed by atoms with E-state index in [1.165, 1.54) is 0 Å². The van der Waals surface area contributed by atoms with Gasteiger partial charge in [-0.2, -0.15) is 0 Å². The molecule has 1 aromatic carbocycles. The van der Waals surface area contributed by atoms with E-state index >= 15 is 0 Å². The van der Waals surface area contributed by atoms with Crippen molar-refractivity contribution in [3.8, 4) is 11.5 Å². The number of aliphatic imine (C=N–C) groups is 3. The Labute approximate surface area is 188 Å². The van der Waals surface area contributed by atoms with Gasteiger partial charge in [-0.3, -0.25) is 0 Å². The summed E-state index contributed by atoms with van der Waals surface area (Å²) in [4.78, 5) is 16.9. The minimum atomic E-state index is -0.234. The zero-order chi connectivity index (χ0) is 20.4. The van der Waals surface area contributed by atoms with Crippen molar-refractivity contribution >= 4 is 51.7 Å². The first-order valence-electron chi connectivity index (χ1n) is 9.70. The monoisotopic (exact) mass is 528 g/mol. The number of ether oxygens (including phenoxy) is 2. The number of nitrogens with two attached hydrogens (primary N) is 1. The van der Waals surface area contributed by atoms with Gasteiger partial charge < -0.3 is 25.4 Å². The smallest absolute Gasteiger partial charge is 0.166 e. The lowest BCUT2D eigenvalue weighted by Gasteiger charge is -2.28. The number of nitrogens with one attached hydrogen (secondary N) is 1. The Hall–Kier alpha value is -1.53. The van der Waals surface area contributed by atoms with Gasteiger partial charge in [0.1, 0.15) is 25.4 Å². The summed E-state index contributed by atoms with van der Waals surface area (Å²) in [5, 5.41) is 4.40. The van der Waals surface area contributed by atoms with Crippen LogP contribution in [0.3, 0.4) is 0 Å². The minimum absolute atomic E-state index is 0.134. The second-order valence-electron chi connectivity index (χ2n) is 7.41. The molecule has 4 rings (SSSR count). The molecule has 0 saturated heterocycles. The van der Waals surface area contributed by atoms with E-state index in [0.29, 0.717) is 25.0 Å². The Balaban J connectivity index is 1.54. The SMILES string of the molecule is CC(C)CNCCN1C(Sc2cc3c(cc2I)OCCO3)=NC2C(N)=NC=NC21. The molecule has 0 amide bonds. The number of hydrogen-bond donors (Lipinski definition) is 2. The molecule has 3 heterocycles. The van der Waals surface area contributed by atoms with Gasteiger partial charge in [0.15, 0.2) is 28.9 Å². The summed E-state index contributed by atoms with van der Waals surface area (Å²) in [6.07, 6.45) is 1.41. The van der Waals surface area contributed by atoms with Crippen molar-refractivity contribution in [1.82, 2.24) is 10.2 Å². The zero-order valence-corrected chi connectivity index (χ0v) is 19.4. The molecule has 3 N–H and O–H groups in total. The largest absolute Gasteiger partial charge is 0.486 e. The first-order valence-corrected chi connectivity index (χ1v) is 11.6. The molecule has 3 aliphatic rings. The van der Waals surface area contributed by atoms with Gasteiger partial charge in [0.05, 0.1) is 0 Å². The number of halogens is 1. The number of hydrogen-bond acceptors (Lipinski definition) is 9. The summed E-state index contributed by atoms with van der Waals surface area (Å²) in [5.41, 5.74) is 6.12. The molecule has 2 unspecified atom stereocenters. The highest BCUT2D eigenvalue weighted by Gasteiger charge is 2.39.